The molecule has 0 radical (unpaired) electrons. The average Bonchev–Trinajstić information content (AvgIpc) is 3.00. The van der Waals surface area contributed by atoms with Crippen LogP contribution in [0.4, 0.5) is 0 Å². The molecular weight excluding hydrogens is 460 g/mol. The van der Waals surface area contributed by atoms with E-state index in [-0.39, 0.29) is 0 Å². The maximum atomic E-state index is 9.52. The summed E-state index contributed by atoms with van der Waals surface area (Å²) in [6.45, 7) is 0. The van der Waals surface area contributed by atoms with Crippen LogP contribution in [0.25, 0.3) is 65.7 Å². The van der Waals surface area contributed by atoms with Crippen molar-refractivity contribution in [3.05, 3.63) is 139 Å². The highest BCUT2D eigenvalue weighted by Crippen LogP contribution is 2.41. The van der Waals surface area contributed by atoms with Crippen molar-refractivity contribution in [3.63, 3.8) is 0 Å². The van der Waals surface area contributed by atoms with Gasteiger partial charge in [0.25, 0.3) is 0 Å². The Balaban J connectivity index is 1.49. The van der Waals surface area contributed by atoms with Crippen molar-refractivity contribution in [1.29, 1.82) is 5.26 Å². The zero-order valence-electron chi connectivity index (χ0n) is 20.6. The minimum Gasteiger partial charge on any atom is -0.263 e. The first-order chi connectivity index (χ1) is 18.8. The first-order valence-electron chi connectivity index (χ1n) is 12.7. The van der Waals surface area contributed by atoms with Crippen LogP contribution in [-0.4, -0.2) is 4.98 Å². The number of hydrogen-bond donors (Lipinski definition) is 0. The van der Waals surface area contributed by atoms with Crippen molar-refractivity contribution in [2.75, 3.05) is 0 Å². The molecular formula is C36H22N2. The first-order valence-corrected chi connectivity index (χ1v) is 12.7. The predicted octanol–water partition coefficient (Wildman–Crippen LogP) is 9.41. The molecule has 0 aliphatic carbocycles. The van der Waals surface area contributed by atoms with E-state index in [9.17, 15) is 5.26 Å². The lowest BCUT2D eigenvalue weighted by molar-refractivity contribution is 1.30. The van der Waals surface area contributed by atoms with Crippen molar-refractivity contribution >= 4 is 32.3 Å². The Morgan fingerprint density at radius 1 is 0.447 bits per heavy atom. The van der Waals surface area contributed by atoms with E-state index in [0.29, 0.717) is 5.56 Å². The van der Waals surface area contributed by atoms with E-state index in [4.69, 9.17) is 0 Å². The molecule has 0 spiro atoms. The number of aromatic nitrogens is 1. The van der Waals surface area contributed by atoms with Gasteiger partial charge in [0.05, 0.1) is 5.56 Å². The Morgan fingerprint density at radius 2 is 0.921 bits per heavy atom. The van der Waals surface area contributed by atoms with E-state index in [1.165, 1.54) is 49.0 Å². The SMILES string of the molecule is N#Cc1cnccc1-c1ccc(-c2cc3c4ccccc4c(-c4ccccc4)cc3c3ccccc23)cc1. The van der Waals surface area contributed by atoms with Gasteiger partial charge < -0.3 is 0 Å². The van der Waals surface area contributed by atoms with Crippen LogP contribution in [0.3, 0.4) is 0 Å². The quantitative estimate of drug-likeness (QED) is 0.235. The molecule has 0 N–H and O–H groups in total. The van der Waals surface area contributed by atoms with Gasteiger partial charge in [-0.3, -0.25) is 4.98 Å². The number of pyridine rings is 1. The second-order valence-electron chi connectivity index (χ2n) is 9.51. The van der Waals surface area contributed by atoms with E-state index >= 15 is 0 Å². The Morgan fingerprint density at radius 3 is 1.47 bits per heavy atom. The van der Waals surface area contributed by atoms with Crippen LogP contribution < -0.4 is 0 Å². The largest absolute Gasteiger partial charge is 0.263 e. The molecule has 176 valence electrons. The molecule has 0 aliphatic rings. The molecule has 0 saturated carbocycles. The molecule has 1 aromatic heterocycles. The minimum absolute atomic E-state index is 0.581. The fourth-order valence-electron chi connectivity index (χ4n) is 5.61. The second-order valence-corrected chi connectivity index (χ2v) is 9.51. The number of benzene rings is 6. The first kappa shape index (κ1) is 22.0. The van der Waals surface area contributed by atoms with Gasteiger partial charge in [-0.05, 0) is 78.3 Å². The fourth-order valence-corrected chi connectivity index (χ4v) is 5.61. The van der Waals surface area contributed by atoms with Crippen molar-refractivity contribution < 1.29 is 0 Å². The summed E-state index contributed by atoms with van der Waals surface area (Å²) in [5.41, 5.74) is 7.32. The van der Waals surface area contributed by atoms with Crippen molar-refractivity contribution in [3.8, 4) is 39.4 Å². The standard InChI is InChI=1S/C36H22N2/c37-22-27-23-38-19-18-28(27)25-14-16-26(17-15-25)34-21-36-31-12-6-4-10-29(31)33(24-8-2-1-3-9-24)20-35(36)32-13-7-5-11-30(32)34/h1-21,23H. The van der Waals surface area contributed by atoms with Gasteiger partial charge in [-0.2, -0.15) is 5.26 Å². The van der Waals surface area contributed by atoms with E-state index in [2.05, 4.69) is 126 Å². The second kappa shape index (κ2) is 9.00. The molecule has 0 atom stereocenters. The highest BCUT2D eigenvalue weighted by Gasteiger charge is 2.14. The summed E-state index contributed by atoms with van der Waals surface area (Å²) in [5, 5.41) is 17.0. The van der Waals surface area contributed by atoms with Gasteiger partial charge in [-0.25, -0.2) is 0 Å². The Bertz CT molecular complexity index is 2010. The molecule has 6 aromatic carbocycles. The van der Waals surface area contributed by atoms with Gasteiger partial charge in [0, 0.05) is 18.0 Å². The summed E-state index contributed by atoms with van der Waals surface area (Å²) in [7, 11) is 0. The number of fused-ring (bicyclic) bond motifs is 5. The normalized spacial score (nSPS) is 11.1. The van der Waals surface area contributed by atoms with Gasteiger partial charge in [-0.15, -0.1) is 0 Å². The van der Waals surface area contributed by atoms with Crippen molar-refractivity contribution in [2.24, 2.45) is 0 Å². The monoisotopic (exact) mass is 482 g/mol. The smallest absolute Gasteiger partial charge is 0.101 e. The Labute approximate surface area is 221 Å². The molecule has 0 fully saturated rings. The number of nitriles is 1. The molecule has 1 heterocycles. The van der Waals surface area contributed by atoms with E-state index in [1.54, 1.807) is 12.4 Å². The fraction of sp³-hybridized carbons (Fsp3) is 0. The Kier molecular flexibility index (Phi) is 5.20. The van der Waals surface area contributed by atoms with Crippen LogP contribution in [0, 0.1) is 11.3 Å². The van der Waals surface area contributed by atoms with E-state index in [0.717, 1.165) is 16.7 Å². The van der Waals surface area contributed by atoms with Crippen molar-refractivity contribution in [1.82, 2.24) is 4.98 Å². The topological polar surface area (TPSA) is 36.7 Å². The van der Waals surface area contributed by atoms with Gasteiger partial charge in [0.15, 0.2) is 0 Å². The zero-order valence-corrected chi connectivity index (χ0v) is 20.6. The minimum atomic E-state index is 0.581. The third-order valence-corrected chi connectivity index (χ3v) is 7.42. The van der Waals surface area contributed by atoms with Crippen LogP contribution in [-0.2, 0) is 0 Å². The molecule has 0 aliphatic heterocycles. The third kappa shape index (κ3) is 3.53. The zero-order chi connectivity index (χ0) is 25.5. The van der Waals surface area contributed by atoms with Crippen LogP contribution >= 0.6 is 0 Å². The van der Waals surface area contributed by atoms with E-state index in [1.807, 2.05) is 6.07 Å². The maximum absolute atomic E-state index is 9.52. The summed E-state index contributed by atoms with van der Waals surface area (Å²) in [6.07, 6.45) is 3.35. The lowest BCUT2D eigenvalue weighted by Gasteiger charge is -2.16. The van der Waals surface area contributed by atoms with E-state index < -0.39 is 0 Å². The highest BCUT2D eigenvalue weighted by atomic mass is 14.6. The van der Waals surface area contributed by atoms with Crippen molar-refractivity contribution in [2.45, 2.75) is 0 Å². The lowest BCUT2D eigenvalue weighted by Crippen LogP contribution is -1.89. The molecule has 0 amide bonds. The summed E-state index contributed by atoms with van der Waals surface area (Å²) in [4.78, 5) is 4.10. The molecule has 0 unspecified atom stereocenters. The Hall–Kier alpha value is -5.26. The van der Waals surface area contributed by atoms with Gasteiger partial charge in [0.1, 0.15) is 6.07 Å². The molecule has 7 rings (SSSR count). The maximum Gasteiger partial charge on any atom is 0.101 e. The molecule has 0 bridgehead atoms. The molecule has 2 heteroatoms. The van der Waals surface area contributed by atoms with Crippen LogP contribution in [0.5, 0.6) is 0 Å². The van der Waals surface area contributed by atoms with Crippen LogP contribution in [0.15, 0.2) is 134 Å². The van der Waals surface area contributed by atoms with Gasteiger partial charge in [0.2, 0.25) is 0 Å². The third-order valence-electron chi connectivity index (χ3n) is 7.42. The molecule has 0 saturated heterocycles. The van der Waals surface area contributed by atoms with Gasteiger partial charge in [-0.1, -0.05) is 103 Å². The van der Waals surface area contributed by atoms with Gasteiger partial charge >= 0.3 is 0 Å². The van der Waals surface area contributed by atoms with Crippen LogP contribution in [0.1, 0.15) is 5.56 Å². The number of hydrogen-bond acceptors (Lipinski definition) is 2. The predicted molar refractivity (Wildman–Crippen MR) is 158 cm³/mol. The van der Waals surface area contributed by atoms with Crippen LogP contribution in [0.2, 0.25) is 0 Å². The summed E-state index contributed by atoms with van der Waals surface area (Å²) >= 11 is 0. The molecule has 7 aromatic rings. The number of nitrogens with zero attached hydrogens (tertiary/aromatic N) is 2. The molecule has 2 nitrogen and oxygen atoms in total. The summed E-state index contributed by atoms with van der Waals surface area (Å²) in [6, 6.07) is 45.4. The average molecular weight is 483 g/mol. The summed E-state index contributed by atoms with van der Waals surface area (Å²) in [5.74, 6) is 0. The number of rotatable bonds is 3. The highest BCUT2D eigenvalue weighted by molar-refractivity contribution is 6.23. The lowest BCUT2D eigenvalue weighted by atomic mass is 9.87. The summed E-state index contributed by atoms with van der Waals surface area (Å²) < 4.78 is 0. The molecule has 38 heavy (non-hydrogen) atoms.